The summed E-state index contributed by atoms with van der Waals surface area (Å²) < 4.78 is 42.7. The number of rotatable bonds is 1. The molecular weight excluding hydrogens is 307 g/mol. The highest BCUT2D eigenvalue weighted by Gasteiger charge is 2.31. The molecular formula is C13H7ClF3N3O. The van der Waals surface area contributed by atoms with Crippen LogP contribution in [0.3, 0.4) is 0 Å². The van der Waals surface area contributed by atoms with E-state index in [1.165, 1.54) is 12.3 Å². The minimum absolute atomic E-state index is 0.0269. The molecule has 0 aliphatic heterocycles. The molecule has 108 valence electrons. The van der Waals surface area contributed by atoms with Gasteiger partial charge in [0.25, 0.3) is 5.71 Å². The van der Waals surface area contributed by atoms with E-state index in [4.69, 9.17) is 21.9 Å². The number of hydrogen-bond acceptors (Lipinski definition) is 4. The van der Waals surface area contributed by atoms with E-state index in [0.29, 0.717) is 16.5 Å². The summed E-state index contributed by atoms with van der Waals surface area (Å²) in [5, 5.41) is 4.01. The van der Waals surface area contributed by atoms with Crippen LogP contribution >= 0.6 is 11.6 Å². The lowest BCUT2D eigenvalue weighted by Gasteiger charge is -2.10. The first-order valence-corrected chi connectivity index (χ1v) is 6.12. The summed E-state index contributed by atoms with van der Waals surface area (Å²) in [6, 6.07) is 4.74. The Morgan fingerprint density at radius 1 is 1.19 bits per heavy atom. The van der Waals surface area contributed by atoms with Gasteiger partial charge in [-0.25, -0.2) is 4.98 Å². The first kappa shape index (κ1) is 13.7. The van der Waals surface area contributed by atoms with Gasteiger partial charge in [-0.1, -0.05) is 22.8 Å². The second kappa shape index (κ2) is 4.63. The van der Waals surface area contributed by atoms with Crippen LogP contribution in [-0.2, 0) is 6.18 Å². The molecule has 0 spiro atoms. The molecule has 21 heavy (non-hydrogen) atoms. The molecule has 8 heteroatoms. The minimum atomic E-state index is -4.44. The molecule has 0 amide bonds. The van der Waals surface area contributed by atoms with Crippen molar-refractivity contribution < 1.29 is 17.7 Å². The molecule has 0 radical (unpaired) electrons. The maximum atomic E-state index is 12.6. The molecule has 0 aliphatic carbocycles. The third-order valence-corrected chi connectivity index (χ3v) is 3.28. The predicted molar refractivity (Wildman–Crippen MR) is 71.7 cm³/mol. The van der Waals surface area contributed by atoms with Crippen LogP contribution in [0.25, 0.3) is 22.2 Å². The Morgan fingerprint density at radius 2 is 1.95 bits per heavy atom. The lowest BCUT2D eigenvalue weighted by molar-refractivity contribution is -0.137. The van der Waals surface area contributed by atoms with Crippen molar-refractivity contribution in [3.8, 4) is 11.1 Å². The van der Waals surface area contributed by atoms with Crippen molar-refractivity contribution in [3.05, 3.63) is 41.0 Å². The maximum Gasteiger partial charge on any atom is 0.416 e. The zero-order chi connectivity index (χ0) is 15.2. The Morgan fingerprint density at radius 3 is 2.62 bits per heavy atom. The molecule has 1 aromatic carbocycles. The number of hydrogen-bond donors (Lipinski definition) is 1. The van der Waals surface area contributed by atoms with Gasteiger partial charge in [0, 0.05) is 22.3 Å². The van der Waals surface area contributed by atoms with Gasteiger partial charge < -0.3 is 10.3 Å². The van der Waals surface area contributed by atoms with Gasteiger partial charge in [0.2, 0.25) is 0 Å². The molecule has 4 nitrogen and oxygen atoms in total. The summed E-state index contributed by atoms with van der Waals surface area (Å²) in [6.45, 7) is 0. The standard InChI is InChI=1S/C13H7ClF3N3O/c14-10-4-7(13(15,16)17)1-2-8(10)6-3-9-11(18)20-21-12(9)19-5-6/h1-5H,(H2,18,20). The van der Waals surface area contributed by atoms with Gasteiger partial charge in [-0.3, -0.25) is 0 Å². The van der Waals surface area contributed by atoms with Crippen molar-refractivity contribution in [2.75, 3.05) is 5.73 Å². The second-order valence-corrected chi connectivity index (χ2v) is 4.74. The van der Waals surface area contributed by atoms with Crippen molar-refractivity contribution in [3.63, 3.8) is 0 Å². The number of nitrogens with zero attached hydrogens (tertiary/aromatic N) is 2. The number of anilines is 1. The van der Waals surface area contributed by atoms with Crippen molar-refractivity contribution in [2.24, 2.45) is 0 Å². The van der Waals surface area contributed by atoms with E-state index in [9.17, 15) is 13.2 Å². The molecule has 0 aliphatic rings. The molecule has 2 heterocycles. The fourth-order valence-electron chi connectivity index (χ4n) is 1.92. The third-order valence-electron chi connectivity index (χ3n) is 2.96. The smallest absolute Gasteiger partial charge is 0.380 e. The highest BCUT2D eigenvalue weighted by Crippen LogP contribution is 2.36. The highest BCUT2D eigenvalue weighted by atomic mass is 35.5. The van der Waals surface area contributed by atoms with Crippen molar-refractivity contribution in [1.82, 2.24) is 10.1 Å². The molecule has 0 fully saturated rings. The Kier molecular flexibility index (Phi) is 3.02. The van der Waals surface area contributed by atoms with Gasteiger partial charge in [0.1, 0.15) is 0 Å². The zero-order valence-electron chi connectivity index (χ0n) is 10.3. The number of halogens is 4. The Hall–Kier alpha value is -2.28. The van der Waals surface area contributed by atoms with E-state index >= 15 is 0 Å². The van der Waals surface area contributed by atoms with E-state index < -0.39 is 11.7 Å². The average molecular weight is 314 g/mol. The second-order valence-electron chi connectivity index (χ2n) is 4.34. The maximum absolute atomic E-state index is 12.6. The number of nitrogen functional groups attached to an aromatic ring is 1. The fraction of sp³-hybridized carbons (Fsp3) is 0.0769. The molecule has 3 rings (SSSR count). The summed E-state index contributed by atoms with van der Waals surface area (Å²) >= 11 is 5.94. The van der Waals surface area contributed by atoms with Crippen LogP contribution in [0.4, 0.5) is 19.0 Å². The molecule has 2 N–H and O–H groups in total. The molecule has 0 saturated carbocycles. The molecule has 2 aromatic heterocycles. The first-order valence-electron chi connectivity index (χ1n) is 5.74. The van der Waals surface area contributed by atoms with Crippen LogP contribution in [0.15, 0.2) is 35.0 Å². The molecule has 0 unspecified atom stereocenters. The van der Waals surface area contributed by atoms with Gasteiger partial charge in [0.15, 0.2) is 5.82 Å². The van der Waals surface area contributed by atoms with Crippen molar-refractivity contribution in [2.45, 2.75) is 6.18 Å². The van der Waals surface area contributed by atoms with Crippen LogP contribution in [-0.4, -0.2) is 10.1 Å². The van der Waals surface area contributed by atoms with Gasteiger partial charge in [-0.05, 0) is 18.2 Å². The van der Waals surface area contributed by atoms with Crippen LogP contribution < -0.4 is 5.73 Å². The first-order chi connectivity index (χ1) is 9.86. The number of fused-ring (bicyclic) bond motifs is 1. The molecule has 0 bridgehead atoms. The van der Waals surface area contributed by atoms with Crippen LogP contribution in [0.5, 0.6) is 0 Å². The van der Waals surface area contributed by atoms with Gasteiger partial charge >= 0.3 is 6.18 Å². The molecule has 3 aromatic rings. The molecule has 0 saturated heterocycles. The van der Waals surface area contributed by atoms with Gasteiger partial charge in [-0.15, -0.1) is 0 Å². The van der Waals surface area contributed by atoms with Gasteiger partial charge in [0.05, 0.1) is 10.9 Å². The van der Waals surface area contributed by atoms with E-state index in [-0.39, 0.29) is 16.6 Å². The van der Waals surface area contributed by atoms with Crippen molar-refractivity contribution in [1.29, 1.82) is 0 Å². The fourth-order valence-corrected chi connectivity index (χ4v) is 2.21. The van der Waals surface area contributed by atoms with Gasteiger partial charge in [-0.2, -0.15) is 13.2 Å². The summed E-state index contributed by atoms with van der Waals surface area (Å²) in [5.41, 5.74) is 6.00. The topological polar surface area (TPSA) is 64.9 Å². The Balaban J connectivity index is 2.12. The third kappa shape index (κ3) is 2.40. The van der Waals surface area contributed by atoms with E-state index in [1.807, 2.05) is 0 Å². The lowest BCUT2D eigenvalue weighted by Crippen LogP contribution is -2.04. The van der Waals surface area contributed by atoms with E-state index in [0.717, 1.165) is 12.1 Å². The minimum Gasteiger partial charge on any atom is -0.380 e. The number of pyridine rings is 1. The number of benzene rings is 1. The zero-order valence-corrected chi connectivity index (χ0v) is 11.0. The summed E-state index contributed by atoms with van der Waals surface area (Å²) in [7, 11) is 0. The largest absolute Gasteiger partial charge is 0.416 e. The summed E-state index contributed by atoms with van der Waals surface area (Å²) in [5.74, 6) is 0.155. The molecule has 0 atom stereocenters. The summed E-state index contributed by atoms with van der Waals surface area (Å²) in [4.78, 5) is 4.00. The quantitative estimate of drug-likeness (QED) is 0.733. The average Bonchev–Trinajstić information content (AvgIpc) is 2.79. The number of nitrogens with two attached hydrogens (primary N) is 1. The highest BCUT2D eigenvalue weighted by molar-refractivity contribution is 6.33. The normalized spacial score (nSPS) is 12.0. The van der Waals surface area contributed by atoms with Crippen LogP contribution in [0, 0.1) is 0 Å². The SMILES string of the molecule is Nc1noc2ncc(-c3ccc(C(F)(F)F)cc3Cl)cc12. The van der Waals surface area contributed by atoms with Crippen LogP contribution in [0.1, 0.15) is 5.56 Å². The summed E-state index contributed by atoms with van der Waals surface area (Å²) in [6.07, 6.45) is -3.01. The van der Waals surface area contributed by atoms with Crippen molar-refractivity contribution >= 4 is 28.5 Å². The predicted octanol–water partition coefficient (Wildman–Crippen LogP) is 4.14. The Bertz CT molecular complexity index is 829. The monoisotopic (exact) mass is 313 g/mol. The van der Waals surface area contributed by atoms with E-state index in [1.54, 1.807) is 6.07 Å². The van der Waals surface area contributed by atoms with Crippen LogP contribution in [0.2, 0.25) is 5.02 Å². The van der Waals surface area contributed by atoms with E-state index in [2.05, 4.69) is 10.1 Å². The lowest BCUT2D eigenvalue weighted by atomic mass is 10.0. The number of alkyl halides is 3. The number of aromatic nitrogens is 2. The Labute approximate surface area is 121 Å².